The average molecular weight is 292 g/mol. The molecule has 1 aliphatic rings. The van der Waals surface area contributed by atoms with Crippen LogP contribution in [0.4, 0.5) is 0 Å². The standard InChI is InChI=1S/C12H14N2O2.C3H8.C2H6/c13-11(14-7-1-2-8-14)9-3-5-10(6-4-9)12(15)16;1-3-2;1-2/h3-6,13H,1-2,7-8H2,(H,15,16);3H2,1-2H3;1-2H3. The molecule has 118 valence electrons. The Hall–Kier alpha value is -1.84. The lowest BCUT2D eigenvalue weighted by Gasteiger charge is -2.18. The first kappa shape index (κ1) is 19.2. The Bertz CT molecular complexity index is 421. The second-order valence-electron chi connectivity index (χ2n) is 4.63. The summed E-state index contributed by atoms with van der Waals surface area (Å²) in [5.41, 5.74) is 1.05. The quantitative estimate of drug-likeness (QED) is 0.632. The van der Waals surface area contributed by atoms with Gasteiger partial charge in [0, 0.05) is 18.7 Å². The summed E-state index contributed by atoms with van der Waals surface area (Å²) < 4.78 is 0. The van der Waals surface area contributed by atoms with Crippen LogP contribution in [-0.2, 0) is 0 Å². The van der Waals surface area contributed by atoms with Crippen LogP contribution in [0.3, 0.4) is 0 Å². The van der Waals surface area contributed by atoms with Gasteiger partial charge >= 0.3 is 5.97 Å². The van der Waals surface area contributed by atoms with Crippen molar-refractivity contribution < 1.29 is 9.90 Å². The van der Waals surface area contributed by atoms with Crippen LogP contribution in [0.5, 0.6) is 0 Å². The largest absolute Gasteiger partial charge is 0.478 e. The van der Waals surface area contributed by atoms with E-state index in [9.17, 15) is 4.79 Å². The third kappa shape index (κ3) is 6.43. The van der Waals surface area contributed by atoms with Crippen molar-refractivity contribution in [2.75, 3.05) is 13.1 Å². The normalized spacial score (nSPS) is 12.7. The number of benzene rings is 1. The molecule has 0 aromatic heterocycles. The molecule has 0 spiro atoms. The molecule has 4 heteroatoms. The summed E-state index contributed by atoms with van der Waals surface area (Å²) >= 11 is 0. The zero-order valence-electron chi connectivity index (χ0n) is 13.6. The number of hydrogen-bond donors (Lipinski definition) is 2. The second-order valence-corrected chi connectivity index (χ2v) is 4.63. The van der Waals surface area contributed by atoms with Crippen molar-refractivity contribution in [3.63, 3.8) is 0 Å². The van der Waals surface area contributed by atoms with Crippen LogP contribution >= 0.6 is 0 Å². The molecule has 0 atom stereocenters. The highest BCUT2D eigenvalue weighted by Gasteiger charge is 2.16. The molecule has 4 nitrogen and oxygen atoms in total. The van der Waals surface area contributed by atoms with Crippen LogP contribution in [0.25, 0.3) is 0 Å². The van der Waals surface area contributed by atoms with Gasteiger partial charge in [-0.05, 0) is 25.0 Å². The highest BCUT2D eigenvalue weighted by atomic mass is 16.4. The zero-order chi connectivity index (χ0) is 16.3. The number of nitrogens with zero attached hydrogens (tertiary/aromatic N) is 1. The van der Waals surface area contributed by atoms with Crippen LogP contribution in [-0.4, -0.2) is 34.9 Å². The molecule has 0 saturated carbocycles. The Morgan fingerprint density at radius 3 is 1.86 bits per heavy atom. The first-order chi connectivity index (χ1) is 10.1. The number of carbonyl (C=O) groups is 1. The third-order valence-electron chi connectivity index (χ3n) is 2.83. The van der Waals surface area contributed by atoms with Gasteiger partial charge in [-0.25, -0.2) is 4.79 Å². The fourth-order valence-electron chi connectivity index (χ4n) is 1.89. The average Bonchev–Trinajstić information content (AvgIpc) is 3.04. The number of likely N-dealkylation sites (tertiary alicyclic amines) is 1. The Labute approximate surface area is 128 Å². The van der Waals surface area contributed by atoms with Gasteiger partial charge in [0.25, 0.3) is 0 Å². The molecule has 2 rings (SSSR count). The van der Waals surface area contributed by atoms with E-state index >= 15 is 0 Å². The van der Waals surface area contributed by atoms with Crippen molar-refractivity contribution in [2.45, 2.75) is 47.0 Å². The molecule has 1 aliphatic heterocycles. The first-order valence-corrected chi connectivity index (χ1v) is 7.77. The molecule has 0 amide bonds. The van der Waals surface area contributed by atoms with E-state index in [-0.39, 0.29) is 5.56 Å². The predicted octanol–water partition coefficient (Wildman–Crippen LogP) is 4.25. The lowest BCUT2D eigenvalue weighted by Crippen LogP contribution is -2.27. The van der Waals surface area contributed by atoms with E-state index in [0.29, 0.717) is 5.84 Å². The maximum atomic E-state index is 10.7. The summed E-state index contributed by atoms with van der Waals surface area (Å²) in [7, 11) is 0. The van der Waals surface area contributed by atoms with E-state index in [1.165, 1.54) is 6.42 Å². The van der Waals surface area contributed by atoms with Crippen molar-refractivity contribution in [2.24, 2.45) is 0 Å². The zero-order valence-corrected chi connectivity index (χ0v) is 13.6. The Balaban J connectivity index is 0.000000713. The molecule has 0 unspecified atom stereocenters. The Kier molecular flexibility index (Phi) is 9.94. The number of hydrogen-bond acceptors (Lipinski definition) is 2. The minimum Gasteiger partial charge on any atom is -0.478 e. The molecule has 21 heavy (non-hydrogen) atoms. The highest BCUT2D eigenvalue weighted by molar-refractivity contribution is 5.97. The van der Waals surface area contributed by atoms with E-state index in [1.54, 1.807) is 24.3 Å². The molecular formula is C17H28N2O2. The van der Waals surface area contributed by atoms with Gasteiger partial charge in [-0.3, -0.25) is 5.41 Å². The lowest BCUT2D eigenvalue weighted by atomic mass is 10.1. The van der Waals surface area contributed by atoms with Gasteiger partial charge in [0.05, 0.1) is 5.56 Å². The summed E-state index contributed by atoms with van der Waals surface area (Å²) in [6.45, 7) is 10.1. The monoisotopic (exact) mass is 292 g/mol. The van der Waals surface area contributed by atoms with E-state index in [2.05, 4.69) is 13.8 Å². The minimum absolute atomic E-state index is 0.262. The molecule has 1 aromatic carbocycles. The van der Waals surface area contributed by atoms with Crippen LogP contribution in [0.2, 0.25) is 0 Å². The number of rotatable bonds is 2. The van der Waals surface area contributed by atoms with Gasteiger partial charge in [-0.15, -0.1) is 0 Å². The summed E-state index contributed by atoms with van der Waals surface area (Å²) in [5.74, 6) is -0.436. The SMILES string of the molecule is CC.CCC.N=C(c1ccc(C(=O)O)cc1)N1CCCC1. The molecule has 1 aromatic rings. The van der Waals surface area contributed by atoms with E-state index in [1.807, 2.05) is 18.7 Å². The highest BCUT2D eigenvalue weighted by Crippen LogP contribution is 2.13. The van der Waals surface area contributed by atoms with E-state index in [0.717, 1.165) is 31.5 Å². The number of carboxylic acid groups (broad SMARTS) is 1. The van der Waals surface area contributed by atoms with Gasteiger partial charge < -0.3 is 10.0 Å². The molecule has 1 fully saturated rings. The van der Waals surface area contributed by atoms with Crippen LogP contribution in [0.15, 0.2) is 24.3 Å². The topological polar surface area (TPSA) is 64.4 Å². The molecule has 1 heterocycles. The van der Waals surface area contributed by atoms with Crippen molar-refractivity contribution in [1.82, 2.24) is 4.90 Å². The molecule has 0 radical (unpaired) electrons. The molecule has 1 saturated heterocycles. The van der Waals surface area contributed by atoms with Crippen molar-refractivity contribution in [3.8, 4) is 0 Å². The first-order valence-electron chi connectivity index (χ1n) is 7.77. The van der Waals surface area contributed by atoms with Gasteiger partial charge in [-0.2, -0.15) is 0 Å². The van der Waals surface area contributed by atoms with Gasteiger partial charge in [0.2, 0.25) is 0 Å². The number of aromatic carboxylic acids is 1. The van der Waals surface area contributed by atoms with Gasteiger partial charge in [0.1, 0.15) is 5.84 Å². The molecule has 2 N–H and O–H groups in total. The van der Waals surface area contributed by atoms with Crippen LogP contribution in [0, 0.1) is 5.41 Å². The van der Waals surface area contributed by atoms with Crippen molar-refractivity contribution >= 4 is 11.8 Å². The Morgan fingerprint density at radius 2 is 1.48 bits per heavy atom. The van der Waals surface area contributed by atoms with Crippen LogP contribution < -0.4 is 0 Å². The number of carboxylic acids is 1. The van der Waals surface area contributed by atoms with Gasteiger partial charge in [-0.1, -0.05) is 46.2 Å². The maximum Gasteiger partial charge on any atom is 0.335 e. The summed E-state index contributed by atoms with van der Waals surface area (Å²) in [4.78, 5) is 12.7. The summed E-state index contributed by atoms with van der Waals surface area (Å²) in [5, 5.41) is 16.7. The minimum atomic E-state index is -0.931. The fraction of sp³-hybridized carbons (Fsp3) is 0.529. The maximum absolute atomic E-state index is 10.7. The second kappa shape index (κ2) is 10.9. The van der Waals surface area contributed by atoms with Crippen molar-refractivity contribution in [1.29, 1.82) is 5.41 Å². The van der Waals surface area contributed by atoms with Gasteiger partial charge in [0.15, 0.2) is 0 Å². The number of nitrogens with one attached hydrogen (secondary N) is 1. The van der Waals surface area contributed by atoms with Crippen LogP contribution in [0.1, 0.15) is 62.9 Å². The lowest BCUT2D eigenvalue weighted by molar-refractivity contribution is 0.0697. The third-order valence-corrected chi connectivity index (χ3v) is 2.83. The number of amidine groups is 1. The predicted molar refractivity (Wildman–Crippen MR) is 88.4 cm³/mol. The summed E-state index contributed by atoms with van der Waals surface area (Å²) in [6, 6.07) is 6.48. The van der Waals surface area contributed by atoms with Crippen molar-refractivity contribution in [3.05, 3.63) is 35.4 Å². The molecule has 0 bridgehead atoms. The smallest absolute Gasteiger partial charge is 0.335 e. The fourth-order valence-corrected chi connectivity index (χ4v) is 1.89. The van der Waals surface area contributed by atoms with E-state index in [4.69, 9.17) is 10.5 Å². The van der Waals surface area contributed by atoms with E-state index < -0.39 is 5.97 Å². The molecular weight excluding hydrogens is 264 g/mol. The Morgan fingerprint density at radius 1 is 1.10 bits per heavy atom. The molecule has 0 aliphatic carbocycles. The summed E-state index contributed by atoms with van der Waals surface area (Å²) in [6.07, 6.45) is 3.52.